The van der Waals surface area contributed by atoms with E-state index in [1.165, 1.54) is 12.5 Å². The molecule has 0 spiro atoms. The molecule has 0 amide bonds. The van der Waals surface area contributed by atoms with Gasteiger partial charge < -0.3 is 9.30 Å². The lowest BCUT2D eigenvalue weighted by molar-refractivity contribution is -0.0157. The number of rotatable bonds is 4. The Bertz CT molecular complexity index is 751. The summed E-state index contributed by atoms with van der Waals surface area (Å²) in [6.07, 6.45) is 6.26. The Labute approximate surface area is 129 Å². The molecule has 3 rings (SSSR count). The average Bonchev–Trinajstić information content (AvgIpc) is 3.08. The lowest BCUT2D eigenvalue weighted by Crippen LogP contribution is -2.39. The summed E-state index contributed by atoms with van der Waals surface area (Å²) < 4.78 is 31.2. The molecule has 0 saturated carbocycles. The Kier molecular flexibility index (Phi) is 4.02. The van der Waals surface area contributed by atoms with Crippen molar-refractivity contribution in [3.05, 3.63) is 30.1 Å². The molecule has 0 aromatic carbocycles. The van der Waals surface area contributed by atoms with Crippen LogP contribution in [0.2, 0.25) is 0 Å². The van der Waals surface area contributed by atoms with Crippen LogP contribution in [-0.2, 0) is 28.2 Å². The maximum absolute atomic E-state index is 11.9. The SMILES string of the molecule is Cn1cnc(CN2CCOCC2c2[nH]ncc2S(C)(=O)=O)c1. The second-order valence-corrected chi connectivity index (χ2v) is 7.50. The van der Waals surface area contributed by atoms with Gasteiger partial charge >= 0.3 is 0 Å². The first-order valence-corrected chi connectivity index (χ1v) is 8.86. The zero-order valence-corrected chi connectivity index (χ0v) is 13.4. The van der Waals surface area contributed by atoms with Crippen molar-refractivity contribution in [2.75, 3.05) is 26.0 Å². The fraction of sp³-hybridized carbons (Fsp3) is 0.538. The molecule has 0 radical (unpaired) electrons. The maximum Gasteiger partial charge on any atom is 0.178 e. The molecule has 0 bridgehead atoms. The van der Waals surface area contributed by atoms with Crippen molar-refractivity contribution in [1.29, 1.82) is 0 Å². The van der Waals surface area contributed by atoms with Crippen molar-refractivity contribution in [3.8, 4) is 0 Å². The lowest BCUT2D eigenvalue weighted by atomic mass is 10.1. The van der Waals surface area contributed by atoms with Crippen molar-refractivity contribution in [1.82, 2.24) is 24.6 Å². The molecule has 22 heavy (non-hydrogen) atoms. The highest BCUT2D eigenvalue weighted by Gasteiger charge is 2.31. The number of nitrogens with one attached hydrogen (secondary N) is 1. The zero-order valence-electron chi connectivity index (χ0n) is 12.6. The van der Waals surface area contributed by atoms with Gasteiger partial charge in [0.1, 0.15) is 4.90 Å². The van der Waals surface area contributed by atoms with Crippen LogP contribution in [0.1, 0.15) is 17.4 Å². The highest BCUT2D eigenvalue weighted by molar-refractivity contribution is 7.90. The van der Waals surface area contributed by atoms with Crippen molar-refractivity contribution >= 4 is 9.84 Å². The van der Waals surface area contributed by atoms with Gasteiger partial charge in [-0.3, -0.25) is 10.00 Å². The second-order valence-electron chi connectivity index (χ2n) is 5.51. The number of sulfone groups is 1. The molecular formula is C13H19N5O3S. The van der Waals surface area contributed by atoms with Crippen LogP contribution in [0.3, 0.4) is 0 Å². The van der Waals surface area contributed by atoms with Crippen LogP contribution < -0.4 is 0 Å². The Morgan fingerprint density at radius 3 is 3.00 bits per heavy atom. The van der Waals surface area contributed by atoms with Crippen molar-refractivity contribution < 1.29 is 13.2 Å². The van der Waals surface area contributed by atoms with Gasteiger partial charge in [0.15, 0.2) is 9.84 Å². The van der Waals surface area contributed by atoms with Crippen molar-refractivity contribution in [3.63, 3.8) is 0 Å². The minimum absolute atomic E-state index is 0.178. The molecule has 2 aromatic rings. The van der Waals surface area contributed by atoms with E-state index >= 15 is 0 Å². The molecule has 2 aromatic heterocycles. The van der Waals surface area contributed by atoms with Crippen LogP contribution in [0.25, 0.3) is 0 Å². The molecule has 120 valence electrons. The van der Waals surface area contributed by atoms with Gasteiger partial charge in [-0.2, -0.15) is 5.10 Å². The Morgan fingerprint density at radius 2 is 2.32 bits per heavy atom. The van der Waals surface area contributed by atoms with Crippen LogP contribution in [0.4, 0.5) is 0 Å². The third kappa shape index (κ3) is 3.06. The van der Waals surface area contributed by atoms with Crippen LogP contribution >= 0.6 is 0 Å². The second kappa shape index (κ2) is 5.82. The van der Waals surface area contributed by atoms with E-state index in [4.69, 9.17) is 4.74 Å². The van der Waals surface area contributed by atoms with Crippen LogP contribution in [0.5, 0.6) is 0 Å². The van der Waals surface area contributed by atoms with E-state index in [1.807, 2.05) is 17.8 Å². The molecule has 1 unspecified atom stereocenters. The van der Waals surface area contributed by atoms with Gasteiger partial charge in [-0.05, 0) is 0 Å². The molecule has 1 aliphatic rings. The Balaban J connectivity index is 1.88. The number of morpholine rings is 1. The van der Waals surface area contributed by atoms with Gasteiger partial charge in [0.2, 0.25) is 0 Å². The van der Waals surface area contributed by atoms with Gasteiger partial charge in [0, 0.05) is 32.6 Å². The minimum Gasteiger partial charge on any atom is -0.378 e. The van der Waals surface area contributed by atoms with Gasteiger partial charge in [-0.15, -0.1) is 0 Å². The summed E-state index contributed by atoms with van der Waals surface area (Å²) in [6, 6.07) is -0.178. The fourth-order valence-electron chi connectivity index (χ4n) is 2.67. The molecule has 1 aliphatic heterocycles. The normalized spacial score (nSPS) is 20.4. The van der Waals surface area contributed by atoms with E-state index in [2.05, 4.69) is 20.1 Å². The highest BCUT2D eigenvalue weighted by atomic mass is 32.2. The molecule has 1 N–H and O–H groups in total. The predicted octanol–water partition coefficient (Wildman–Crippen LogP) is 0.120. The summed E-state index contributed by atoms with van der Waals surface area (Å²) in [7, 11) is -1.41. The third-order valence-corrected chi connectivity index (χ3v) is 4.85. The van der Waals surface area contributed by atoms with Gasteiger partial charge in [-0.1, -0.05) is 0 Å². The third-order valence-electron chi connectivity index (χ3n) is 3.73. The van der Waals surface area contributed by atoms with Crippen molar-refractivity contribution in [2.45, 2.75) is 17.5 Å². The molecule has 1 saturated heterocycles. The molecular weight excluding hydrogens is 306 g/mol. The summed E-state index contributed by atoms with van der Waals surface area (Å²) in [5.41, 5.74) is 1.52. The number of aromatic nitrogens is 4. The number of imidazole rings is 1. The largest absolute Gasteiger partial charge is 0.378 e. The fourth-order valence-corrected chi connectivity index (χ4v) is 3.49. The first-order chi connectivity index (χ1) is 10.4. The summed E-state index contributed by atoms with van der Waals surface area (Å²) in [5.74, 6) is 0. The Morgan fingerprint density at radius 1 is 1.50 bits per heavy atom. The first kappa shape index (κ1) is 15.2. The van der Waals surface area contributed by atoms with E-state index in [0.29, 0.717) is 32.0 Å². The maximum atomic E-state index is 11.9. The summed E-state index contributed by atoms with van der Waals surface area (Å²) in [4.78, 5) is 6.72. The van der Waals surface area contributed by atoms with E-state index < -0.39 is 9.84 Å². The van der Waals surface area contributed by atoms with Gasteiger partial charge in [0.05, 0.1) is 43.2 Å². The predicted molar refractivity (Wildman–Crippen MR) is 78.9 cm³/mol. The van der Waals surface area contributed by atoms with E-state index in [0.717, 1.165) is 5.69 Å². The van der Waals surface area contributed by atoms with E-state index in [1.54, 1.807) is 6.33 Å². The van der Waals surface area contributed by atoms with Crippen LogP contribution in [0, 0.1) is 0 Å². The first-order valence-electron chi connectivity index (χ1n) is 6.97. The smallest absolute Gasteiger partial charge is 0.178 e. The molecule has 0 aliphatic carbocycles. The Hall–Kier alpha value is -1.71. The van der Waals surface area contributed by atoms with E-state index in [-0.39, 0.29) is 10.9 Å². The standard InChI is InChI=1S/C13H19N5O3S/c1-17-6-10(14-9-17)7-18-3-4-21-8-11(18)13-12(5-15-16-13)22(2,19)20/h5-6,9,11H,3-4,7-8H2,1-2H3,(H,15,16). The summed E-state index contributed by atoms with van der Waals surface area (Å²) in [5, 5.41) is 6.73. The van der Waals surface area contributed by atoms with Crippen molar-refractivity contribution in [2.24, 2.45) is 7.05 Å². The molecule has 1 fully saturated rings. The number of hydrogen-bond acceptors (Lipinski definition) is 6. The van der Waals surface area contributed by atoms with Gasteiger partial charge in [-0.25, -0.2) is 13.4 Å². The lowest BCUT2D eigenvalue weighted by Gasteiger charge is -2.34. The van der Waals surface area contributed by atoms with Crippen LogP contribution in [-0.4, -0.2) is 59.1 Å². The molecule has 3 heterocycles. The molecule has 8 nitrogen and oxygen atoms in total. The summed E-state index contributed by atoms with van der Waals surface area (Å²) in [6.45, 7) is 2.39. The zero-order chi connectivity index (χ0) is 15.7. The number of nitrogens with zero attached hydrogens (tertiary/aromatic N) is 4. The number of ether oxygens (including phenoxy) is 1. The average molecular weight is 325 g/mol. The quantitative estimate of drug-likeness (QED) is 0.858. The monoisotopic (exact) mass is 325 g/mol. The van der Waals surface area contributed by atoms with Crippen LogP contribution in [0.15, 0.2) is 23.6 Å². The number of hydrogen-bond donors (Lipinski definition) is 1. The topological polar surface area (TPSA) is 93.1 Å². The molecule has 9 heteroatoms. The number of aromatic amines is 1. The summed E-state index contributed by atoms with van der Waals surface area (Å²) >= 11 is 0. The van der Waals surface area contributed by atoms with Gasteiger partial charge in [0.25, 0.3) is 0 Å². The highest BCUT2D eigenvalue weighted by Crippen LogP contribution is 2.28. The van der Waals surface area contributed by atoms with E-state index in [9.17, 15) is 8.42 Å². The number of aryl methyl sites for hydroxylation is 1. The minimum atomic E-state index is -3.33. The number of H-pyrrole nitrogens is 1. The molecule has 1 atom stereocenters.